The first-order valence-electron chi connectivity index (χ1n) is 5.60. The Hall–Kier alpha value is -0.800. The lowest BCUT2D eigenvalue weighted by atomic mass is 9.86. The van der Waals surface area contributed by atoms with Crippen molar-refractivity contribution in [2.75, 3.05) is 6.61 Å². The van der Waals surface area contributed by atoms with Gasteiger partial charge in [0.1, 0.15) is 0 Å². The molecule has 0 spiro atoms. The molecule has 1 aliphatic rings. The molecule has 0 radical (unpaired) electrons. The standard InChI is InChI=1S/C12H19NO2/c1-12(9-14)5-2-3-11(12)13-7-10-4-6-15-8-10/h4,6,8,11,13-14H,2-3,5,7,9H2,1H3. The van der Waals surface area contributed by atoms with E-state index in [0.29, 0.717) is 6.04 Å². The zero-order valence-electron chi connectivity index (χ0n) is 9.20. The fourth-order valence-corrected chi connectivity index (χ4v) is 2.40. The van der Waals surface area contributed by atoms with Crippen LogP contribution in [0.4, 0.5) is 0 Å². The van der Waals surface area contributed by atoms with E-state index in [0.717, 1.165) is 19.4 Å². The van der Waals surface area contributed by atoms with Gasteiger partial charge in [-0.3, -0.25) is 0 Å². The van der Waals surface area contributed by atoms with Gasteiger partial charge in [0.25, 0.3) is 0 Å². The van der Waals surface area contributed by atoms with Crippen molar-refractivity contribution in [1.29, 1.82) is 0 Å². The molecule has 15 heavy (non-hydrogen) atoms. The Morgan fingerprint density at radius 1 is 1.67 bits per heavy atom. The van der Waals surface area contributed by atoms with Crippen LogP contribution in [0.25, 0.3) is 0 Å². The molecule has 1 aromatic rings. The SMILES string of the molecule is CC1(CO)CCCC1NCc1ccoc1. The summed E-state index contributed by atoms with van der Waals surface area (Å²) in [6, 6.07) is 2.40. The van der Waals surface area contributed by atoms with Crippen molar-refractivity contribution in [1.82, 2.24) is 5.32 Å². The summed E-state index contributed by atoms with van der Waals surface area (Å²) in [6.45, 7) is 3.26. The Kier molecular flexibility index (Phi) is 3.12. The van der Waals surface area contributed by atoms with Crippen LogP contribution < -0.4 is 5.32 Å². The monoisotopic (exact) mass is 209 g/mol. The quantitative estimate of drug-likeness (QED) is 0.796. The second kappa shape index (κ2) is 4.37. The smallest absolute Gasteiger partial charge is 0.0947 e. The summed E-state index contributed by atoms with van der Waals surface area (Å²) in [6.07, 6.45) is 6.94. The molecule has 0 bridgehead atoms. The number of furan rings is 1. The van der Waals surface area contributed by atoms with Crippen LogP contribution in [0.5, 0.6) is 0 Å². The number of aliphatic hydroxyl groups is 1. The van der Waals surface area contributed by atoms with Gasteiger partial charge in [0.15, 0.2) is 0 Å². The second-order valence-corrected chi connectivity index (χ2v) is 4.77. The summed E-state index contributed by atoms with van der Waals surface area (Å²) in [4.78, 5) is 0. The second-order valence-electron chi connectivity index (χ2n) is 4.77. The van der Waals surface area contributed by atoms with Gasteiger partial charge in [-0.1, -0.05) is 13.3 Å². The van der Waals surface area contributed by atoms with Crippen molar-refractivity contribution < 1.29 is 9.52 Å². The summed E-state index contributed by atoms with van der Waals surface area (Å²) in [5.74, 6) is 0. The molecule has 1 heterocycles. The van der Waals surface area contributed by atoms with Crippen LogP contribution in [0.15, 0.2) is 23.0 Å². The molecule has 1 aromatic heterocycles. The third kappa shape index (κ3) is 2.24. The van der Waals surface area contributed by atoms with Crippen molar-refractivity contribution in [3.05, 3.63) is 24.2 Å². The van der Waals surface area contributed by atoms with Crippen molar-refractivity contribution >= 4 is 0 Å². The van der Waals surface area contributed by atoms with Gasteiger partial charge >= 0.3 is 0 Å². The number of aliphatic hydroxyl groups excluding tert-OH is 1. The minimum absolute atomic E-state index is 0.0593. The minimum atomic E-state index is 0.0593. The molecule has 0 aliphatic heterocycles. The molecule has 0 amide bonds. The molecule has 1 saturated carbocycles. The van der Waals surface area contributed by atoms with Gasteiger partial charge in [-0.25, -0.2) is 0 Å². The minimum Gasteiger partial charge on any atom is -0.472 e. The summed E-state index contributed by atoms with van der Waals surface area (Å²) in [5, 5.41) is 12.9. The maximum atomic E-state index is 9.39. The van der Waals surface area contributed by atoms with Crippen molar-refractivity contribution in [2.45, 2.75) is 38.8 Å². The lowest BCUT2D eigenvalue weighted by Gasteiger charge is -2.30. The van der Waals surface area contributed by atoms with Gasteiger partial charge in [0.2, 0.25) is 0 Å². The highest BCUT2D eigenvalue weighted by molar-refractivity contribution is 5.05. The van der Waals surface area contributed by atoms with Crippen LogP contribution in [0.1, 0.15) is 31.7 Å². The Balaban J connectivity index is 1.89. The van der Waals surface area contributed by atoms with E-state index in [9.17, 15) is 5.11 Å². The molecule has 2 atom stereocenters. The highest BCUT2D eigenvalue weighted by atomic mass is 16.3. The topological polar surface area (TPSA) is 45.4 Å². The van der Waals surface area contributed by atoms with E-state index >= 15 is 0 Å². The Morgan fingerprint density at radius 3 is 3.20 bits per heavy atom. The molecule has 2 N–H and O–H groups in total. The van der Waals surface area contributed by atoms with Gasteiger partial charge < -0.3 is 14.8 Å². The molecule has 2 rings (SSSR count). The normalized spacial score (nSPS) is 30.9. The number of nitrogens with one attached hydrogen (secondary N) is 1. The molecular weight excluding hydrogens is 190 g/mol. The predicted molar refractivity (Wildman–Crippen MR) is 58.4 cm³/mol. The summed E-state index contributed by atoms with van der Waals surface area (Å²) in [5.41, 5.74) is 1.23. The zero-order valence-corrected chi connectivity index (χ0v) is 9.20. The van der Waals surface area contributed by atoms with Gasteiger partial charge in [0.05, 0.1) is 12.5 Å². The van der Waals surface area contributed by atoms with Gasteiger partial charge in [-0.15, -0.1) is 0 Å². The molecule has 0 aromatic carbocycles. The van der Waals surface area contributed by atoms with Crippen LogP contribution in [0, 0.1) is 5.41 Å². The van der Waals surface area contributed by atoms with E-state index in [2.05, 4.69) is 12.2 Å². The lowest BCUT2D eigenvalue weighted by Crippen LogP contribution is -2.41. The molecule has 3 nitrogen and oxygen atoms in total. The predicted octanol–water partition coefficient (Wildman–Crippen LogP) is 1.92. The van der Waals surface area contributed by atoms with E-state index in [-0.39, 0.29) is 12.0 Å². The Labute approximate surface area is 90.5 Å². The Bertz CT molecular complexity index is 297. The van der Waals surface area contributed by atoms with Crippen molar-refractivity contribution in [2.24, 2.45) is 5.41 Å². The maximum absolute atomic E-state index is 9.39. The van der Waals surface area contributed by atoms with Crippen molar-refractivity contribution in [3.63, 3.8) is 0 Å². The first-order chi connectivity index (χ1) is 7.24. The fraction of sp³-hybridized carbons (Fsp3) is 0.667. The molecular formula is C12H19NO2. The molecule has 1 aliphatic carbocycles. The number of rotatable bonds is 4. The van der Waals surface area contributed by atoms with E-state index in [4.69, 9.17) is 4.42 Å². The van der Waals surface area contributed by atoms with Crippen LogP contribution in [-0.2, 0) is 6.54 Å². The van der Waals surface area contributed by atoms with Crippen LogP contribution >= 0.6 is 0 Å². The molecule has 3 heteroatoms. The van der Waals surface area contributed by atoms with Crippen molar-refractivity contribution in [3.8, 4) is 0 Å². The maximum Gasteiger partial charge on any atom is 0.0947 e. The first kappa shape index (κ1) is 10.7. The third-order valence-corrected chi connectivity index (χ3v) is 3.58. The largest absolute Gasteiger partial charge is 0.472 e. The number of hydrogen-bond acceptors (Lipinski definition) is 3. The molecule has 1 fully saturated rings. The molecule has 84 valence electrons. The van der Waals surface area contributed by atoms with Gasteiger partial charge in [-0.05, 0) is 18.9 Å². The van der Waals surface area contributed by atoms with Gasteiger partial charge in [0, 0.05) is 30.2 Å². The highest BCUT2D eigenvalue weighted by Crippen LogP contribution is 2.37. The average Bonchev–Trinajstić information content (AvgIpc) is 2.85. The summed E-state index contributed by atoms with van der Waals surface area (Å²) in [7, 11) is 0. The number of hydrogen-bond donors (Lipinski definition) is 2. The summed E-state index contributed by atoms with van der Waals surface area (Å²) >= 11 is 0. The van der Waals surface area contributed by atoms with Crippen LogP contribution in [-0.4, -0.2) is 17.8 Å². The average molecular weight is 209 g/mol. The van der Waals surface area contributed by atoms with Crippen LogP contribution in [0.3, 0.4) is 0 Å². The zero-order chi connectivity index (χ0) is 10.7. The first-order valence-corrected chi connectivity index (χ1v) is 5.60. The van der Waals surface area contributed by atoms with E-state index in [1.807, 2.05) is 6.07 Å². The van der Waals surface area contributed by atoms with E-state index in [1.54, 1.807) is 12.5 Å². The molecule has 2 unspecified atom stereocenters. The summed E-state index contributed by atoms with van der Waals surface area (Å²) < 4.78 is 5.02. The molecule has 0 saturated heterocycles. The fourth-order valence-electron chi connectivity index (χ4n) is 2.40. The Morgan fingerprint density at radius 2 is 2.53 bits per heavy atom. The van der Waals surface area contributed by atoms with E-state index in [1.165, 1.54) is 12.0 Å². The van der Waals surface area contributed by atoms with E-state index < -0.39 is 0 Å². The third-order valence-electron chi connectivity index (χ3n) is 3.58. The highest BCUT2D eigenvalue weighted by Gasteiger charge is 2.37. The lowest BCUT2D eigenvalue weighted by molar-refractivity contribution is 0.118. The van der Waals surface area contributed by atoms with Crippen LogP contribution in [0.2, 0.25) is 0 Å². The van der Waals surface area contributed by atoms with Gasteiger partial charge in [-0.2, -0.15) is 0 Å².